The largest absolute Gasteiger partial charge is 0.388 e. The Balaban J connectivity index is 2.14. The number of aryl methyl sites for hydroxylation is 1. The van der Waals surface area contributed by atoms with Crippen molar-refractivity contribution in [1.82, 2.24) is 13.9 Å². The number of aromatic nitrogens is 2. The summed E-state index contributed by atoms with van der Waals surface area (Å²) in [6, 6.07) is 6.73. The molecule has 1 fully saturated rings. The molecule has 4 atom stereocenters. The first-order valence-electron chi connectivity index (χ1n) is 9.24. The van der Waals surface area contributed by atoms with Gasteiger partial charge in [0.15, 0.2) is 6.23 Å². The summed E-state index contributed by atoms with van der Waals surface area (Å²) in [4.78, 5) is 26.5. The van der Waals surface area contributed by atoms with Gasteiger partial charge in [0, 0.05) is 18.8 Å². The van der Waals surface area contributed by atoms with Crippen LogP contribution in [0.2, 0.25) is 0 Å². The van der Waals surface area contributed by atoms with E-state index in [2.05, 4.69) is 4.98 Å². The van der Waals surface area contributed by atoms with Gasteiger partial charge in [0.05, 0.1) is 16.5 Å². The first-order valence-corrected chi connectivity index (χ1v) is 10.7. The lowest BCUT2D eigenvalue weighted by Crippen LogP contribution is -2.50. The molecular formula is C19H25N3O6S. The van der Waals surface area contributed by atoms with Gasteiger partial charge in [-0.1, -0.05) is 25.1 Å². The Morgan fingerprint density at radius 2 is 1.90 bits per heavy atom. The fraction of sp³-hybridized carbons (Fsp3) is 0.474. The highest BCUT2D eigenvalue weighted by Gasteiger charge is 2.55. The fourth-order valence-electron chi connectivity index (χ4n) is 3.52. The predicted molar refractivity (Wildman–Crippen MR) is 106 cm³/mol. The Morgan fingerprint density at radius 1 is 1.28 bits per heavy atom. The van der Waals surface area contributed by atoms with Gasteiger partial charge in [0.1, 0.15) is 6.10 Å². The summed E-state index contributed by atoms with van der Waals surface area (Å²) in [5.74, 6) is 0. The summed E-state index contributed by atoms with van der Waals surface area (Å²) in [5, 5.41) is 11.0. The second-order valence-corrected chi connectivity index (χ2v) is 9.42. The molecular weight excluding hydrogens is 398 g/mol. The number of hydrogen-bond acceptors (Lipinski definition) is 6. The van der Waals surface area contributed by atoms with E-state index in [0.717, 1.165) is 8.87 Å². The molecule has 9 nitrogen and oxygen atoms in total. The van der Waals surface area contributed by atoms with Crippen LogP contribution in [-0.2, 0) is 14.8 Å². The zero-order chi connectivity index (χ0) is 21.6. The fourth-order valence-corrected chi connectivity index (χ4v) is 4.89. The molecule has 0 spiro atoms. The molecule has 0 bridgehead atoms. The highest BCUT2D eigenvalue weighted by Crippen LogP contribution is 2.42. The van der Waals surface area contributed by atoms with Crippen molar-refractivity contribution < 1.29 is 18.3 Å². The zero-order valence-electron chi connectivity index (χ0n) is 16.7. The van der Waals surface area contributed by atoms with Gasteiger partial charge in [-0.05, 0) is 32.4 Å². The highest BCUT2D eigenvalue weighted by atomic mass is 32.2. The molecule has 158 valence electrons. The van der Waals surface area contributed by atoms with E-state index < -0.39 is 45.2 Å². The van der Waals surface area contributed by atoms with Gasteiger partial charge in [-0.15, -0.1) is 0 Å². The summed E-state index contributed by atoms with van der Waals surface area (Å²) in [6.07, 6.45) is -0.630. The maximum Gasteiger partial charge on any atom is 0.330 e. The lowest BCUT2D eigenvalue weighted by Gasteiger charge is -2.31. The molecule has 0 amide bonds. The maximum atomic E-state index is 13.2. The maximum absolute atomic E-state index is 13.2. The van der Waals surface area contributed by atoms with E-state index in [1.165, 1.54) is 32.3 Å². The summed E-state index contributed by atoms with van der Waals surface area (Å²) >= 11 is 0. The van der Waals surface area contributed by atoms with Crippen LogP contribution in [-0.4, -0.2) is 52.2 Å². The van der Waals surface area contributed by atoms with Crippen molar-refractivity contribution in [3.63, 3.8) is 0 Å². The van der Waals surface area contributed by atoms with Crippen LogP contribution in [0, 0.1) is 6.92 Å². The van der Waals surface area contributed by atoms with Crippen molar-refractivity contribution in [2.75, 3.05) is 7.05 Å². The zero-order valence-corrected chi connectivity index (χ0v) is 17.5. The number of ether oxygens (including phenoxy) is 1. The summed E-state index contributed by atoms with van der Waals surface area (Å²) in [6.45, 7) is 4.99. The minimum atomic E-state index is -3.98. The van der Waals surface area contributed by atoms with Crippen LogP contribution in [0.4, 0.5) is 0 Å². The molecule has 2 aromatic rings. The van der Waals surface area contributed by atoms with Gasteiger partial charge in [-0.25, -0.2) is 13.2 Å². The molecule has 0 aliphatic carbocycles. The van der Waals surface area contributed by atoms with Crippen molar-refractivity contribution in [3.8, 4) is 0 Å². The Bertz CT molecular complexity index is 1110. The van der Waals surface area contributed by atoms with Crippen LogP contribution in [0.1, 0.15) is 32.1 Å². The predicted octanol–water partition coefficient (Wildman–Crippen LogP) is 0.593. The van der Waals surface area contributed by atoms with Crippen molar-refractivity contribution >= 4 is 10.0 Å². The lowest BCUT2D eigenvalue weighted by molar-refractivity contribution is -0.0941. The molecule has 10 heteroatoms. The molecule has 2 heterocycles. The van der Waals surface area contributed by atoms with Gasteiger partial charge < -0.3 is 9.84 Å². The van der Waals surface area contributed by atoms with Crippen LogP contribution in [0.15, 0.2) is 51.0 Å². The van der Waals surface area contributed by atoms with Crippen molar-refractivity contribution in [1.29, 1.82) is 0 Å². The summed E-state index contributed by atoms with van der Waals surface area (Å²) in [7, 11) is -2.63. The van der Waals surface area contributed by atoms with E-state index in [1.807, 2.05) is 0 Å². The third-order valence-corrected chi connectivity index (χ3v) is 7.46. The van der Waals surface area contributed by atoms with E-state index in [-0.39, 0.29) is 10.5 Å². The number of rotatable bonds is 5. The number of nitrogens with zero attached hydrogens (tertiary/aromatic N) is 2. The van der Waals surface area contributed by atoms with Crippen molar-refractivity contribution in [3.05, 3.63) is 62.9 Å². The molecule has 0 saturated carbocycles. The van der Waals surface area contributed by atoms with E-state index in [9.17, 15) is 23.1 Å². The SMILES string of the molecule is CC[C@@]1(C)O[C@@H](n2cc(C)c(=O)[nH]c2=O)[C@H](N(C)S(=O)(=O)c2ccccc2)[C@@H]1O. The molecule has 1 aliphatic heterocycles. The van der Waals surface area contributed by atoms with Gasteiger partial charge in [0.25, 0.3) is 5.56 Å². The monoisotopic (exact) mass is 423 g/mol. The van der Waals surface area contributed by atoms with Gasteiger partial charge >= 0.3 is 5.69 Å². The number of hydrogen-bond donors (Lipinski definition) is 2. The topological polar surface area (TPSA) is 122 Å². The molecule has 1 aromatic heterocycles. The Hall–Kier alpha value is -2.27. The molecule has 1 saturated heterocycles. The van der Waals surface area contributed by atoms with Gasteiger partial charge in [-0.3, -0.25) is 14.3 Å². The number of H-pyrrole nitrogens is 1. The molecule has 3 rings (SSSR count). The van der Waals surface area contributed by atoms with Crippen LogP contribution >= 0.6 is 0 Å². The van der Waals surface area contributed by atoms with Gasteiger partial charge in [0.2, 0.25) is 10.0 Å². The van der Waals surface area contributed by atoms with Crippen LogP contribution < -0.4 is 11.2 Å². The third kappa shape index (κ3) is 3.57. The molecule has 2 N–H and O–H groups in total. The third-order valence-electron chi connectivity index (χ3n) is 5.59. The lowest BCUT2D eigenvalue weighted by atomic mass is 9.93. The number of sulfonamides is 1. The van der Waals surface area contributed by atoms with Crippen LogP contribution in [0.3, 0.4) is 0 Å². The molecule has 1 aromatic carbocycles. The average molecular weight is 423 g/mol. The standard InChI is InChI=1S/C19H25N3O6S/c1-5-19(3)15(23)14(21(4)29(26,27)13-9-7-6-8-10-13)17(28-19)22-11-12(2)16(24)20-18(22)25/h6-11,14-15,17,23H,5H2,1-4H3,(H,20,24,25)/t14-,15+,17-,19-/m1/s1. The Kier molecular flexibility index (Phi) is 5.56. The average Bonchev–Trinajstić information content (AvgIpc) is 2.96. The minimum absolute atomic E-state index is 0.0588. The van der Waals surface area contributed by atoms with Crippen molar-refractivity contribution in [2.24, 2.45) is 0 Å². The molecule has 0 unspecified atom stereocenters. The molecule has 1 aliphatic rings. The van der Waals surface area contributed by atoms with E-state index in [1.54, 1.807) is 32.0 Å². The highest BCUT2D eigenvalue weighted by molar-refractivity contribution is 7.89. The minimum Gasteiger partial charge on any atom is -0.388 e. The number of likely N-dealkylation sites (N-methyl/N-ethyl adjacent to an activating group) is 1. The first-order chi connectivity index (χ1) is 13.5. The second-order valence-electron chi connectivity index (χ2n) is 7.42. The van der Waals surface area contributed by atoms with E-state index in [4.69, 9.17) is 4.74 Å². The smallest absolute Gasteiger partial charge is 0.330 e. The summed E-state index contributed by atoms with van der Waals surface area (Å²) < 4.78 is 34.5. The molecule has 29 heavy (non-hydrogen) atoms. The first kappa shape index (κ1) is 21.4. The second kappa shape index (κ2) is 7.52. The number of benzene rings is 1. The van der Waals surface area contributed by atoms with Gasteiger partial charge in [-0.2, -0.15) is 4.31 Å². The number of aliphatic hydroxyl groups is 1. The van der Waals surface area contributed by atoms with Crippen LogP contribution in [0.25, 0.3) is 0 Å². The molecule has 0 radical (unpaired) electrons. The van der Waals surface area contributed by atoms with E-state index >= 15 is 0 Å². The van der Waals surface area contributed by atoms with E-state index in [0.29, 0.717) is 6.42 Å². The van der Waals surface area contributed by atoms with Crippen molar-refractivity contribution in [2.45, 2.75) is 56.1 Å². The Labute approximate surface area is 168 Å². The summed E-state index contributed by atoms with van der Waals surface area (Å²) in [5.41, 5.74) is -2.10. The van der Waals surface area contributed by atoms with Crippen LogP contribution in [0.5, 0.6) is 0 Å². The normalized spacial score (nSPS) is 27.4. The quantitative estimate of drug-likeness (QED) is 0.726. The Morgan fingerprint density at radius 3 is 2.48 bits per heavy atom. The number of aromatic amines is 1. The number of aliphatic hydroxyl groups excluding tert-OH is 1. The number of nitrogens with one attached hydrogen (secondary N) is 1.